The van der Waals surface area contributed by atoms with Crippen LogP contribution < -0.4 is 5.32 Å². The van der Waals surface area contributed by atoms with Crippen molar-refractivity contribution in [3.8, 4) is 0 Å². The Kier molecular flexibility index (Phi) is 6.36. The van der Waals surface area contributed by atoms with E-state index in [1.807, 2.05) is 0 Å². The molecule has 1 nitrogen and oxygen atoms in total. The normalized spacial score (nSPS) is 28.6. The molecule has 0 bridgehead atoms. The number of nitrogens with one attached hydrogen (secondary N) is 1. The van der Waals surface area contributed by atoms with Gasteiger partial charge in [0.1, 0.15) is 0 Å². The van der Waals surface area contributed by atoms with Gasteiger partial charge in [-0.15, -0.1) is 0 Å². The van der Waals surface area contributed by atoms with Crippen molar-refractivity contribution in [3.63, 3.8) is 0 Å². The largest absolute Gasteiger partial charge is 0.312 e. The molecule has 1 rings (SSSR count). The summed E-state index contributed by atoms with van der Waals surface area (Å²) in [5, 5.41) is 3.78. The van der Waals surface area contributed by atoms with Crippen molar-refractivity contribution in [2.75, 3.05) is 6.54 Å². The molecule has 21 heavy (non-hydrogen) atoms. The van der Waals surface area contributed by atoms with Gasteiger partial charge in [-0.25, -0.2) is 0 Å². The van der Waals surface area contributed by atoms with E-state index in [4.69, 9.17) is 0 Å². The molecule has 1 saturated carbocycles. The van der Waals surface area contributed by atoms with Gasteiger partial charge in [0.2, 0.25) is 0 Å². The van der Waals surface area contributed by atoms with Gasteiger partial charge in [0.05, 0.1) is 0 Å². The van der Waals surface area contributed by atoms with Gasteiger partial charge in [0.15, 0.2) is 0 Å². The van der Waals surface area contributed by atoms with E-state index in [2.05, 4.69) is 60.7 Å². The summed E-state index contributed by atoms with van der Waals surface area (Å²) >= 11 is 0. The minimum Gasteiger partial charge on any atom is -0.312 e. The second-order valence-electron chi connectivity index (χ2n) is 10.3. The lowest BCUT2D eigenvalue weighted by Crippen LogP contribution is -2.42. The van der Waals surface area contributed by atoms with Crippen molar-refractivity contribution < 1.29 is 0 Å². The SMILES string of the molecule is CC1(C)CCCC(CNC(C)(C)C)C(C(C)(C)C)CCC1. The van der Waals surface area contributed by atoms with E-state index in [1.54, 1.807) is 0 Å². The fraction of sp³-hybridized carbons (Fsp3) is 1.00. The Hall–Kier alpha value is -0.0400. The maximum absolute atomic E-state index is 3.78. The van der Waals surface area contributed by atoms with Crippen LogP contribution in [0.3, 0.4) is 0 Å². The Bertz CT molecular complexity index is 303. The van der Waals surface area contributed by atoms with Crippen LogP contribution in [0.15, 0.2) is 0 Å². The highest BCUT2D eigenvalue weighted by atomic mass is 14.9. The Labute approximate surface area is 134 Å². The second-order valence-corrected chi connectivity index (χ2v) is 10.3. The van der Waals surface area contributed by atoms with Gasteiger partial charge in [-0.1, -0.05) is 47.5 Å². The van der Waals surface area contributed by atoms with Crippen LogP contribution in [-0.2, 0) is 0 Å². The zero-order chi connectivity index (χ0) is 16.3. The van der Waals surface area contributed by atoms with Gasteiger partial charge in [0.25, 0.3) is 0 Å². The molecule has 0 heterocycles. The molecule has 0 radical (unpaired) electrons. The fourth-order valence-electron chi connectivity index (χ4n) is 4.03. The summed E-state index contributed by atoms with van der Waals surface area (Å²) in [6, 6.07) is 0. The molecule has 1 aliphatic carbocycles. The molecule has 2 atom stereocenters. The molecule has 0 saturated heterocycles. The van der Waals surface area contributed by atoms with Gasteiger partial charge in [-0.2, -0.15) is 0 Å². The van der Waals surface area contributed by atoms with Crippen LogP contribution in [-0.4, -0.2) is 12.1 Å². The first-order valence-electron chi connectivity index (χ1n) is 9.16. The molecule has 2 unspecified atom stereocenters. The first-order valence-corrected chi connectivity index (χ1v) is 9.16. The first kappa shape index (κ1) is 19.0. The van der Waals surface area contributed by atoms with Gasteiger partial charge in [0, 0.05) is 5.54 Å². The molecule has 0 aromatic carbocycles. The molecule has 0 aliphatic heterocycles. The van der Waals surface area contributed by atoms with Crippen LogP contribution in [0.5, 0.6) is 0 Å². The highest BCUT2D eigenvalue weighted by Crippen LogP contribution is 2.42. The van der Waals surface area contributed by atoms with E-state index in [0.29, 0.717) is 10.8 Å². The second kappa shape index (κ2) is 7.02. The molecule has 0 aromatic heterocycles. The topological polar surface area (TPSA) is 12.0 Å². The number of hydrogen-bond donors (Lipinski definition) is 1. The van der Waals surface area contributed by atoms with Crippen molar-refractivity contribution in [1.29, 1.82) is 0 Å². The van der Waals surface area contributed by atoms with Crippen molar-refractivity contribution in [2.45, 2.75) is 99.5 Å². The van der Waals surface area contributed by atoms with Gasteiger partial charge < -0.3 is 5.32 Å². The van der Waals surface area contributed by atoms with Crippen molar-refractivity contribution in [1.82, 2.24) is 5.32 Å². The summed E-state index contributed by atoms with van der Waals surface area (Å²) in [4.78, 5) is 0. The summed E-state index contributed by atoms with van der Waals surface area (Å²) < 4.78 is 0. The van der Waals surface area contributed by atoms with Gasteiger partial charge in [-0.3, -0.25) is 0 Å². The van der Waals surface area contributed by atoms with Crippen LogP contribution in [0.4, 0.5) is 0 Å². The minimum atomic E-state index is 0.236. The minimum absolute atomic E-state index is 0.236. The quantitative estimate of drug-likeness (QED) is 0.655. The van der Waals surface area contributed by atoms with Crippen LogP contribution in [0.25, 0.3) is 0 Å². The van der Waals surface area contributed by atoms with Crippen molar-refractivity contribution in [2.24, 2.45) is 22.7 Å². The van der Waals surface area contributed by atoms with Gasteiger partial charge in [-0.05, 0) is 75.7 Å². The fourth-order valence-corrected chi connectivity index (χ4v) is 4.03. The zero-order valence-electron chi connectivity index (χ0n) is 16.1. The molecule has 126 valence electrons. The van der Waals surface area contributed by atoms with E-state index in [0.717, 1.165) is 11.8 Å². The predicted octanol–water partition coefficient (Wildman–Crippen LogP) is 6.03. The van der Waals surface area contributed by atoms with E-state index < -0.39 is 0 Å². The average Bonchev–Trinajstić information content (AvgIpc) is 2.33. The Balaban J connectivity index is 2.80. The van der Waals surface area contributed by atoms with Crippen LogP contribution in [0, 0.1) is 22.7 Å². The Morgan fingerprint density at radius 3 is 1.90 bits per heavy atom. The molecular weight excluding hydrogens is 254 g/mol. The summed E-state index contributed by atoms with van der Waals surface area (Å²) in [6.45, 7) is 20.3. The van der Waals surface area contributed by atoms with Gasteiger partial charge >= 0.3 is 0 Å². The summed E-state index contributed by atoms with van der Waals surface area (Å²) in [6.07, 6.45) is 8.41. The lowest BCUT2D eigenvalue weighted by molar-refractivity contribution is 0.128. The summed E-state index contributed by atoms with van der Waals surface area (Å²) in [7, 11) is 0. The van der Waals surface area contributed by atoms with Crippen molar-refractivity contribution in [3.05, 3.63) is 0 Å². The number of rotatable bonds is 2. The third-order valence-electron chi connectivity index (χ3n) is 5.37. The van der Waals surface area contributed by atoms with E-state index in [9.17, 15) is 0 Å². The molecule has 1 N–H and O–H groups in total. The number of hydrogen-bond acceptors (Lipinski definition) is 1. The standard InChI is InChI=1S/C20H41N/c1-18(2,3)17-12-10-14-20(7,8)13-9-11-16(17)15-21-19(4,5)6/h16-17,21H,9-15H2,1-8H3. The lowest BCUT2D eigenvalue weighted by atomic mass is 9.69. The highest BCUT2D eigenvalue weighted by Gasteiger charge is 2.34. The molecule has 0 aromatic rings. The monoisotopic (exact) mass is 295 g/mol. The summed E-state index contributed by atoms with van der Waals surface area (Å²) in [5.41, 5.74) is 1.22. The third kappa shape index (κ3) is 7.17. The molecule has 0 spiro atoms. The molecule has 1 aliphatic rings. The van der Waals surface area contributed by atoms with E-state index >= 15 is 0 Å². The Morgan fingerprint density at radius 1 is 0.905 bits per heavy atom. The lowest BCUT2D eigenvalue weighted by Gasteiger charge is -2.39. The smallest absolute Gasteiger partial charge is 0.00966 e. The maximum Gasteiger partial charge on any atom is 0.00966 e. The third-order valence-corrected chi connectivity index (χ3v) is 5.37. The maximum atomic E-state index is 3.78. The zero-order valence-corrected chi connectivity index (χ0v) is 16.1. The van der Waals surface area contributed by atoms with Crippen LogP contribution in [0.2, 0.25) is 0 Å². The van der Waals surface area contributed by atoms with Crippen molar-refractivity contribution >= 4 is 0 Å². The predicted molar refractivity (Wildman–Crippen MR) is 95.7 cm³/mol. The van der Waals surface area contributed by atoms with E-state index in [1.165, 1.54) is 45.1 Å². The first-order chi connectivity index (χ1) is 9.41. The molecule has 1 heteroatoms. The average molecular weight is 296 g/mol. The van der Waals surface area contributed by atoms with E-state index in [-0.39, 0.29) is 5.54 Å². The molecule has 1 fully saturated rings. The van der Waals surface area contributed by atoms with Crippen LogP contribution >= 0.6 is 0 Å². The molecule has 0 amide bonds. The van der Waals surface area contributed by atoms with Crippen LogP contribution in [0.1, 0.15) is 93.9 Å². The Morgan fingerprint density at radius 2 is 1.43 bits per heavy atom. The molecular formula is C20H41N. The highest BCUT2D eigenvalue weighted by molar-refractivity contribution is 4.86. The summed E-state index contributed by atoms with van der Waals surface area (Å²) in [5.74, 6) is 1.68.